The normalized spacial score (nSPS) is 29.2. The van der Waals surface area contributed by atoms with Crippen molar-refractivity contribution < 1.29 is 9.53 Å². The van der Waals surface area contributed by atoms with E-state index in [1.165, 1.54) is 36.0 Å². The Kier molecular flexibility index (Phi) is 5.23. The van der Waals surface area contributed by atoms with Gasteiger partial charge < -0.3 is 14.6 Å². The Morgan fingerprint density at radius 3 is 2.47 bits per heavy atom. The minimum absolute atomic E-state index is 0.132. The molecule has 1 amide bonds. The number of rotatable bonds is 7. The molecule has 4 aliphatic carbocycles. The molecule has 1 N–H and O–H groups in total. The van der Waals surface area contributed by atoms with E-state index in [0.29, 0.717) is 18.4 Å². The zero-order valence-corrected chi connectivity index (χ0v) is 19.9. The van der Waals surface area contributed by atoms with Gasteiger partial charge >= 0.3 is 0 Å². The molecule has 0 radical (unpaired) electrons. The molecule has 0 spiro atoms. The Morgan fingerprint density at radius 2 is 1.79 bits per heavy atom. The average Bonchev–Trinajstić information content (AvgIpc) is 3.36. The van der Waals surface area contributed by atoms with Gasteiger partial charge in [-0.25, -0.2) is 4.98 Å². The average molecular weight is 456 g/mol. The summed E-state index contributed by atoms with van der Waals surface area (Å²) in [4.78, 5) is 18.0. The van der Waals surface area contributed by atoms with Gasteiger partial charge in [0.1, 0.15) is 5.75 Å². The standard InChI is InChI=1S/C29H33N3O2/c1-34-26-8-6-25(7-9-26)28-13-21-12-22(14-28)16-29(15-21,19-28)27(33)31-17-23-4-2-3-5-24(23)18-32-11-10-30-20-32/h2-11,20-22H,12-19H2,1H3,(H,31,33)/t21-,22-,28?,29?/m1/s1. The third-order valence-corrected chi connectivity index (χ3v) is 8.72. The molecule has 34 heavy (non-hydrogen) atoms. The van der Waals surface area contributed by atoms with Gasteiger partial charge in [-0.05, 0) is 84.6 Å². The number of imidazole rings is 1. The molecule has 2 aromatic carbocycles. The molecule has 0 unspecified atom stereocenters. The van der Waals surface area contributed by atoms with Crippen molar-refractivity contribution >= 4 is 5.91 Å². The van der Waals surface area contributed by atoms with Crippen LogP contribution in [0.25, 0.3) is 0 Å². The predicted octanol–water partition coefficient (Wildman–Crippen LogP) is 5.09. The third kappa shape index (κ3) is 3.71. The summed E-state index contributed by atoms with van der Waals surface area (Å²) in [6.07, 6.45) is 12.4. The lowest BCUT2D eigenvalue weighted by Gasteiger charge is -2.61. The monoisotopic (exact) mass is 455 g/mol. The minimum Gasteiger partial charge on any atom is -0.497 e. The topological polar surface area (TPSA) is 56.1 Å². The lowest BCUT2D eigenvalue weighted by atomic mass is 9.42. The minimum atomic E-state index is -0.233. The van der Waals surface area contributed by atoms with Gasteiger partial charge in [0.2, 0.25) is 5.91 Å². The molecular formula is C29H33N3O2. The molecule has 5 nitrogen and oxygen atoms in total. The molecule has 0 aliphatic heterocycles. The Balaban J connectivity index is 1.22. The highest BCUT2D eigenvalue weighted by Gasteiger charge is 2.60. The number of carbonyl (C=O) groups is 1. The van der Waals surface area contributed by atoms with Crippen LogP contribution in [0.5, 0.6) is 5.75 Å². The predicted molar refractivity (Wildman–Crippen MR) is 131 cm³/mol. The van der Waals surface area contributed by atoms with Crippen LogP contribution in [0, 0.1) is 17.3 Å². The molecule has 5 heteroatoms. The SMILES string of the molecule is COc1ccc(C23C[C@H]4C[C@@H](CC(C(=O)NCc5ccccc5Cn5ccnc5)(C4)C2)C3)cc1. The molecular weight excluding hydrogens is 422 g/mol. The van der Waals surface area contributed by atoms with Crippen LogP contribution < -0.4 is 10.1 Å². The van der Waals surface area contributed by atoms with Crippen molar-refractivity contribution in [2.24, 2.45) is 17.3 Å². The summed E-state index contributed by atoms with van der Waals surface area (Å²) in [5.41, 5.74) is 3.70. The van der Waals surface area contributed by atoms with Gasteiger partial charge in [-0.2, -0.15) is 0 Å². The van der Waals surface area contributed by atoms with Gasteiger partial charge in [-0.3, -0.25) is 4.79 Å². The van der Waals surface area contributed by atoms with E-state index < -0.39 is 0 Å². The van der Waals surface area contributed by atoms with Gasteiger partial charge in [0.05, 0.1) is 18.9 Å². The fraction of sp³-hybridized carbons (Fsp3) is 0.448. The van der Waals surface area contributed by atoms with E-state index in [0.717, 1.165) is 31.6 Å². The van der Waals surface area contributed by atoms with Crippen LogP contribution in [-0.4, -0.2) is 22.6 Å². The molecule has 1 heterocycles. The number of aromatic nitrogens is 2. The highest BCUT2D eigenvalue weighted by Crippen LogP contribution is 2.65. The summed E-state index contributed by atoms with van der Waals surface area (Å²) < 4.78 is 7.46. The highest BCUT2D eigenvalue weighted by atomic mass is 16.5. The van der Waals surface area contributed by atoms with Crippen LogP contribution in [-0.2, 0) is 23.3 Å². The lowest BCUT2D eigenvalue weighted by Crippen LogP contribution is -2.59. The lowest BCUT2D eigenvalue weighted by molar-refractivity contribution is -0.149. The number of hydrogen-bond acceptors (Lipinski definition) is 3. The molecule has 0 saturated heterocycles. The van der Waals surface area contributed by atoms with Crippen molar-refractivity contribution in [2.45, 2.75) is 57.0 Å². The van der Waals surface area contributed by atoms with E-state index in [1.807, 2.05) is 12.5 Å². The zero-order chi connectivity index (χ0) is 23.2. The first-order valence-corrected chi connectivity index (χ1v) is 12.5. The number of nitrogens with zero attached hydrogens (tertiary/aromatic N) is 2. The smallest absolute Gasteiger partial charge is 0.226 e. The van der Waals surface area contributed by atoms with Crippen molar-refractivity contribution in [3.63, 3.8) is 0 Å². The van der Waals surface area contributed by atoms with Crippen molar-refractivity contribution in [3.05, 3.63) is 83.9 Å². The first-order chi connectivity index (χ1) is 16.6. The maximum atomic E-state index is 13.8. The van der Waals surface area contributed by atoms with Crippen molar-refractivity contribution in [1.29, 1.82) is 0 Å². The maximum absolute atomic E-state index is 13.8. The van der Waals surface area contributed by atoms with Crippen LogP contribution in [0.4, 0.5) is 0 Å². The Hall–Kier alpha value is -3.08. The Labute approximate surface area is 201 Å². The van der Waals surface area contributed by atoms with Crippen molar-refractivity contribution in [3.8, 4) is 5.75 Å². The number of benzene rings is 2. The van der Waals surface area contributed by atoms with Crippen LogP contribution in [0.3, 0.4) is 0 Å². The molecule has 4 saturated carbocycles. The molecule has 7 rings (SSSR count). The molecule has 2 atom stereocenters. The third-order valence-electron chi connectivity index (χ3n) is 8.72. The van der Waals surface area contributed by atoms with Crippen LogP contribution in [0.15, 0.2) is 67.3 Å². The largest absolute Gasteiger partial charge is 0.497 e. The second-order valence-electron chi connectivity index (χ2n) is 10.9. The van der Waals surface area contributed by atoms with Crippen LogP contribution in [0.2, 0.25) is 0 Å². The second-order valence-corrected chi connectivity index (χ2v) is 10.9. The number of amides is 1. The van der Waals surface area contributed by atoms with E-state index in [-0.39, 0.29) is 16.7 Å². The summed E-state index contributed by atoms with van der Waals surface area (Å²) in [7, 11) is 1.71. The van der Waals surface area contributed by atoms with E-state index in [4.69, 9.17) is 4.74 Å². The summed E-state index contributed by atoms with van der Waals surface area (Å²) in [6, 6.07) is 17.0. The van der Waals surface area contributed by atoms with Gasteiger partial charge in [-0.15, -0.1) is 0 Å². The quantitative estimate of drug-likeness (QED) is 0.540. The molecule has 4 bridgehead atoms. The molecule has 176 valence electrons. The van der Waals surface area contributed by atoms with Gasteiger partial charge in [0.25, 0.3) is 0 Å². The Morgan fingerprint density at radius 1 is 1.06 bits per heavy atom. The van der Waals surface area contributed by atoms with E-state index in [1.54, 1.807) is 13.3 Å². The molecule has 3 aromatic rings. The highest BCUT2D eigenvalue weighted by molar-refractivity contribution is 5.83. The van der Waals surface area contributed by atoms with E-state index >= 15 is 0 Å². The number of hydrogen-bond donors (Lipinski definition) is 1. The summed E-state index contributed by atoms with van der Waals surface area (Å²) in [6.45, 7) is 1.35. The maximum Gasteiger partial charge on any atom is 0.226 e. The first-order valence-electron chi connectivity index (χ1n) is 12.5. The van der Waals surface area contributed by atoms with Crippen molar-refractivity contribution in [1.82, 2.24) is 14.9 Å². The molecule has 1 aromatic heterocycles. The van der Waals surface area contributed by atoms with E-state index in [2.05, 4.69) is 63.4 Å². The molecule has 4 aliphatic rings. The van der Waals surface area contributed by atoms with Crippen LogP contribution >= 0.6 is 0 Å². The van der Waals surface area contributed by atoms with Crippen molar-refractivity contribution in [2.75, 3.05) is 7.11 Å². The number of ether oxygens (including phenoxy) is 1. The summed E-state index contributed by atoms with van der Waals surface area (Å²) in [5.74, 6) is 2.47. The van der Waals surface area contributed by atoms with Gasteiger partial charge in [-0.1, -0.05) is 36.4 Å². The fourth-order valence-electron chi connectivity index (χ4n) is 7.63. The van der Waals surface area contributed by atoms with Gasteiger partial charge in [0, 0.05) is 25.5 Å². The number of methoxy groups -OCH3 is 1. The van der Waals surface area contributed by atoms with Gasteiger partial charge in [0.15, 0.2) is 0 Å². The number of nitrogens with one attached hydrogen (secondary N) is 1. The second kappa shape index (κ2) is 8.30. The fourth-order valence-corrected chi connectivity index (χ4v) is 7.63. The Bertz CT molecular complexity index is 1150. The summed E-state index contributed by atoms with van der Waals surface area (Å²) >= 11 is 0. The van der Waals surface area contributed by atoms with E-state index in [9.17, 15) is 4.79 Å². The first kappa shape index (κ1) is 21.5. The van der Waals surface area contributed by atoms with Crippen LogP contribution in [0.1, 0.15) is 55.2 Å². The molecule has 4 fully saturated rings. The zero-order valence-electron chi connectivity index (χ0n) is 19.9. The summed E-state index contributed by atoms with van der Waals surface area (Å²) in [5, 5.41) is 3.38. The number of carbonyl (C=O) groups excluding carboxylic acids is 1.